The number of carboxylic acid groups (broad SMARTS) is 1. The highest BCUT2D eigenvalue weighted by Gasteiger charge is 2.09. The third-order valence-electron chi connectivity index (χ3n) is 2.67. The van der Waals surface area contributed by atoms with E-state index in [0.717, 1.165) is 5.56 Å². The van der Waals surface area contributed by atoms with Crippen LogP contribution in [0.15, 0.2) is 24.3 Å². The lowest BCUT2D eigenvalue weighted by Crippen LogP contribution is -2.37. The van der Waals surface area contributed by atoms with E-state index < -0.39 is 5.97 Å². The molecule has 0 bridgehead atoms. The molecule has 0 aliphatic heterocycles. The minimum absolute atomic E-state index is 0.0237. The van der Waals surface area contributed by atoms with Gasteiger partial charge in [-0.3, -0.25) is 4.79 Å². The summed E-state index contributed by atoms with van der Waals surface area (Å²) in [4.78, 5) is 22.0. The van der Waals surface area contributed by atoms with Crippen LogP contribution < -0.4 is 10.6 Å². The van der Waals surface area contributed by atoms with Crippen molar-refractivity contribution in [1.82, 2.24) is 10.6 Å². The number of carbonyl (C=O) groups is 2. The van der Waals surface area contributed by atoms with Gasteiger partial charge >= 0.3 is 12.0 Å². The van der Waals surface area contributed by atoms with E-state index in [1.807, 2.05) is 6.07 Å². The van der Waals surface area contributed by atoms with Crippen LogP contribution in [0.4, 0.5) is 4.79 Å². The minimum atomic E-state index is -0.878. The Kier molecular flexibility index (Phi) is 6.04. The number of benzene rings is 1. The minimum Gasteiger partial charge on any atom is -0.481 e. The van der Waals surface area contributed by atoms with Crippen LogP contribution in [0, 0.1) is 17.2 Å². The van der Waals surface area contributed by atoms with Crippen LogP contribution >= 0.6 is 0 Å². The van der Waals surface area contributed by atoms with Crippen molar-refractivity contribution >= 4 is 12.0 Å². The molecule has 0 heterocycles. The molecule has 1 aromatic rings. The van der Waals surface area contributed by atoms with Crippen LogP contribution in [0.1, 0.15) is 24.5 Å². The van der Waals surface area contributed by atoms with Gasteiger partial charge in [0, 0.05) is 19.5 Å². The Morgan fingerprint density at radius 1 is 1.30 bits per heavy atom. The smallest absolute Gasteiger partial charge is 0.315 e. The van der Waals surface area contributed by atoms with Gasteiger partial charge in [-0.25, -0.2) is 4.79 Å². The van der Waals surface area contributed by atoms with Crippen LogP contribution in [-0.2, 0) is 11.3 Å². The summed E-state index contributed by atoms with van der Waals surface area (Å²) in [6.45, 7) is 2.42. The maximum Gasteiger partial charge on any atom is 0.315 e. The highest BCUT2D eigenvalue weighted by molar-refractivity contribution is 5.74. The second-order valence-electron chi connectivity index (χ2n) is 4.58. The van der Waals surface area contributed by atoms with Crippen molar-refractivity contribution in [2.45, 2.75) is 19.9 Å². The molecule has 3 N–H and O–H groups in total. The first kappa shape index (κ1) is 15.5. The summed E-state index contributed by atoms with van der Waals surface area (Å²) in [5.41, 5.74) is 1.46. The first-order valence-corrected chi connectivity index (χ1v) is 6.23. The predicted molar refractivity (Wildman–Crippen MR) is 72.8 cm³/mol. The van der Waals surface area contributed by atoms with Crippen molar-refractivity contribution in [2.75, 3.05) is 6.54 Å². The fourth-order valence-corrected chi connectivity index (χ4v) is 1.58. The molecule has 1 unspecified atom stereocenters. The highest BCUT2D eigenvalue weighted by atomic mass is 16.4. The van der Waals surface area contributed by atoms with Crippen LogP contribution in [0.2, 0.25) is 0 Å². The van der Waals surface area contributed by atoms with Crippen LogP contribution in [0.3, 0.4) is 0 Å². The van der Waals surface area contributed by atoms with E-state index in [-0.39, 0.29) is 18.4 Å². The molecule has 6 heteroatoms. The monoisotopic (exact) mass is 275 g/mol. The standard InChI is InChI=1S/C14H17N3O3/c1-10(6-13(18)19)8-16-14(20)17-9-12-4-2-11(7-15)3-5-12/h2-5,10H,6,8-9H2,1H3,(H,18,19)(H2,16,17,20). The van der Waals surface area contributed by atoms with Crippen molar-refractivity contribution in [1.29, 1.82) is 5.26 Å². The molecular weight excluding hydrogens is 258 g/mol. The zero-order valence-electron chi connectivity index (χ0n) is 11.2. The summed E-state index contributed by atoms with van der Waals surface area (Å²) in [6, 6.07) is 8.59. The van der Waals surface area contributed by atoms with Gasteiger partial charge in [0.05, 0.1) is 11.6 Å². The van der Waals surface area contributed by atoms with Gasteiger partial charge in [0.2, 0.25) is 0 Å². The maximum atomic E-state index is 11.5. The van der Waals surface area contributed by atoms with Gasteiger partial charge in [0.15, 0.2) is 0 Å². The molecule has 0 aliphatic carbocycles. The van der Waals surface area contributed by atoms with Crippen molar-refractivity contribution in [2.24, 2.45) is 5.92 Å². The molecule has 1 atom stereocenters. The number of nitriles is 1. The van der Waals surface area contributed by atoms with Gasteiger partial charge in [-0.15, -0.1) is 0 Å². The number of nitrogens with one attached hydrogen (secondary N) is 2. The quantitative estimate of drug-likeness (QED) is 0.731. The Morgan fingerprint density at radius 3 is 2.50 bits per heavy atom. The van der Waals surface area contributed by atoms with Gasteiger partial charge < -0.3 is 15.7 Å². The molecule has 0 spiro atoms. The lowest BCUT2D eigenvalue weighted by molar-refractivity contribution is -0.137. The number of hydrogen-bond acceptors (Lipinski definition) is 3. The molecule has 106 valence electrons. The molecule has 1 aromatic carbocycles. The van der Waals surface area contributed by atoms with Gasteiger partial charge in [0.25, 0.3) is 0 Å². The van der Waals surface area contributed by atoms with Crippen LogP contribution in [0.25, 0.3) is 0 Å². The van der Waals surface area contributed by atoms with Gasteiger partial charge in [-0.1, -0.05) is 19.1 Å². The fraction of sp³-hybridized carbons (Fsp3) is 0.357. The Hall–Kier alpha value is -2.55. The largest absolute Gasteiger partial charge is 0.481 e. The number of amides is 2. The summed E-state index contributed by atoms with van der Waals surface area (Å²) >= 11 is 0. The molecule has 20 heavy (non-hydrogen) atoms. The topological polar surface area (TPSA) is 102 Å². The number of hydrogen-bond donors (Lipinski definition) is 3. The van der Waals surface area contributed by atoms with E-state index in [0.29, 0.717) is 18.7 Å². The first-order chi connectivity index (χ1) is 9.51. The molecule has 0 fully saturated rings. The zero-order chi connectivity index (χ0) is 15.0. The van der Waals surface area contributed by atoms with Crippen molar-refractivity contribution in [3.05, 3.63) is 35.4 Å². The van der Waals surface area contributed by atoms with Gasteiger partial charge in [0.1, 0.15) is 0 Å². The van der Waals surface area contributed by atoms with Crippen molar-refractivity contribution < 1.29 is 14.7 Å². The highest BCUT2D eigenvalue weighted by Crippen LogP contribution is 2.03. The Bertz CT molecular complexity index is 505. The molecule has 0 aliphatic rings. The van der Waals surface area contributed by atoms with Gasteiger partial charge in [-0.05, 0) is 23.6 Å². The summed E-state index contributed by atoms with van der Waals surface area (Å²) in [7, 11) is 0. The summed E-state index contributed by atoms with van der Waals surface area (Å²) in [5.74, 6) is -0.995. The number of carboxylic acids is 1. The van der Waals surface area contributed by atoms with E-state index in [1.54, 1.807) is 31.2 Å². The van der Waals surface area contributed by atoms with Gasteiger partial charge in [-0.2, -0.15) is 5.26 Å². The number of rotatable bonds is 6. The Morgan fingerprint density at radius 2 is 1.95 bits per heavy atom. The fourth-order valence-electron chi connectivity index (χ4n) is 1.58. The molecule has 2 amide bonds. The zero-order valence-corrected chi connectivity index (χ0v) is 11.2. The normalized spacial score (nSPS) is 11.2. The summed E-state index contributed by atoms with van der Waals surface area (Å²) in [5, 5.41) is 22.5. The first-order valence-electron chi connectivity index (χ1n) is 6.23. The third-order valence-corrected chi connectivity index (χ3v) is 2.67. The summed E-state index contributed by atoms with van der Waals surface area (Å²) < 4.78 is 0. The maximum absolute atomic E-state index is 11.5. The van der Waals surface area contributed by atoms with E-state index in [1.165, 1.54) is 0 Å². The Balaban J connectivity index is 2.29. The molecule has 0 saturated heterocycles. The van der Waals surface area contributed by atoms with E-state index in [9.17, 15) is 9.59 Å². The summed E-state index contributed by atoms with van der Waals surface area (Å²) in [6.07, 6.45) is 0.0237. The molecule has 0 saturated carbocycles. The molecule has 1 rings (SSSR count). The second kappa shape index (κ2) is 7.79. The number of carbonyl (C=O) groups excluding carboxylic acids is 1. The average molecular weight is 275 g/mol. The molecule has 0 radical (unpaired) electrons. The Labute approximate surface area is 117 Å². The third kappa shape index (κ3) is 5.87. The SMILES string of the molecule is CC(CNC(=O)NCc1ccc(C#N)cc1)CC(=O)O. The van der Waals surface area contributed by atoms with Crippen LogP contribution in [0.5, 0.6) is 0 Å². The van der Waals surface area contributed by atoms with Crippen molar-refractivity contribution in [3.63, 3.8) is 0 Å². The van der Waals surface area contributed by atoms with E-state index >= 15 is 0 Å². The molecule has 6 nitrogen and oxygen atoms in total. The molecule has 0 aromatic heterocycles. The average Bonchev–Trinajstić information content (AvgIpc) is 2.42. The van der Waals surface area contributed by atoms with E-state index in [4.69, 9.17) is 10.4 Å². The predicted octanol–water partition coefficient (Wildman–Crippen LogP) is 1.47. The molecular formula is C14H17N3O3. The van der Waals surface area contributed by atoms with E-state index in [2.05, 4.69) is 10.6 Å². The number of urea groups is 1. The number of nitrogens with zero attached hydrogens (tertiary/aromatic N) is 1. The van der Waals surface area contributed by atoms with Crippen LogP contribution in [-0.4, -0.2) is 23.7 Å². The number of aliphatic carboxylic acids is 1. The second-order valence-corrected chi connectivity index (χ2v) is 4.58. The lowest BCUT2D eigenvalue weighted by atomic mass is 10.1. The van der Waals surface area contributed by atoms with Crippen molar-refractivity contribution in [3.8, 4) is 6.07 Å². The lowest BCUT2D eigenvalue weighted by Gasteiger charge is -2.11.